The third kappa shape index (κ3) is 4.50. The number of ether oxygens (including phenoxy) is 1. The number of hydrogen-bond donors (Lipinski definition) is 0. The van der Waals surface area contributed by atoms with E-state index in [-0.39, 0.29) is 30.1 Å². The van der Waals surface area contributed by atoms with Crippen LogP contribution in [0.3, 0.4) is 0 Å². The van der Waals surface area contributed by atoms with Gasteiger partial charge in [-0.15, -0.1) is 0 Å². The number of ketones is 1. The van der Waals surface area contributed by atoms with Crippen LogP contribution in [-0.4, -0.2) is 41.8 Å². The maximum absolute atomic E-state index is 12.4. The largest absolute Gasteiger partial charge is 0.450 e. The summed E-state index contributed by atoms with van der Waals surface area (Å²) in [6.45, 7) is 4.01. The van der Waals surface area contributed by atoms with Crippen LogP contribution < -0.4 is 0 Å². The van der Waals surface area contributed by atoms with Gasteiger partial charge in [-0.2, -0.15) is 0 Å². The van der Waals surface area contributed by atoms with Crippen LogP contribution in [0.15, 0.2) is 40.8 Å². The fraction of sp³-hybridized carbons (Fsp3) is 0.409. The first-order chi connectivity index (χ1) is 13.5. The van der Waals surface area contributed by atoms with Gasteiger partial charge in [-0.1, -0.05) is 31.2 Å². The number of benzene rings is 1. The van der Waals surface area contributed by atoms with Gasteiger partial charge in [0, 0.05) is 23.7 Å². The number of likely N-dealkylation sites (tertiary alicyclic amines) is 1. The molecule has 0 saturated carbocycles. The molecule has 0 aliphatic carbocycles. The first kappa shape index (κ1) is 19.9. The molecule has 1 fully saturated rings. The summed E-state index contributed by atoms with van der Waals surface area (Å²) in [6.07, 6.45) is 4.02. The molecule has 1 aliphatic rings. The van der Waals surface area contributed by atoms with Crippen molar-refractivity contribution < 1.29 is 23.5 Å². The van der Waals surface area contributed by atoms with E-state index in [2.05, 4.69) is 6.92 Å². The molecule has 0 radical (unpaired) electrons. The quantitative estimate of drug-likeness (QED) is 0.554. The smallest absolute Gasteiger partial charge is 0.374 e. The minimum Gasteiger partial charge on any atom is -0.450 e. The second-order valence-electron chi connectivity index (χ2n) is 7.02. The van der Waals surface area contributed by atoms with Crippen molar-refractivity contribution in [2.45, 2.75) is 45.6 Å². The van der Waals surface area contributed by atoms with Gasteiger partial charge in [-0.05, 0) is 44.7 Å². The van der Waals surface area contributed by atoms with E-state index in [9.17, 15) is 14.4 Å². The number of carbonyl (C=O) groups is 3. The lowest BCUT2D eigenvalue weighted by molar-refractivity contribution is -0.138. The maximum Gasteiger partial charge on any atom is 0.374 e. The van der Waals surface area contributed by atoms with E-state index in [1.54, 1.807) is 30.3 Å². The highest BCUT2D eigenvalue weighted by atomic mass is 16.5. The molecule has 0 bridgehead atoms. The molecule has 1 atom stereocenters. The normalized spacial score (nSPS) is 16.6. The number of carbonyl (C=O) groups excluding carboxylic acids is 3. The van der Waals surface area contributed by atoms with Crippen LogP contribution in [0.5, 0.6) is 0 Å². The Bertz CT molecular complexity index is 852. The summed E-state index contributed by atoms with van der Waals surface area (Å²) in [5.74, 6) is -0.296. The van der Waals surface area contributed by atoms with Gasteiger partial charge in [0.2, 0.25) is 5.76 Å². The van der Waals surface area contributed by atoms with Gasteiger partial charge in [0.25, 0.3) is 5.91 Å². The maximum atomic E-state index is 12.4. The molecule has 0 N–H and O–H groups in total. The molecule has 1 aromatic carbocycles. The van der Waals surface area contributed by atoms with Crippen LogP contribution in [0.25, 0.3) is 11.3 Å². The Morgan fingerprint density at radius 3 is 2.54 bits per heavy atom. The molecular formula is C22H25NO5. The molecule has 2 aromatic rings. The van der Waals surface area contributed by atoms with E-state index in [1.807, 2.05) is 4.90 Å². The monoisotopic (exact) mass is 383 g/mol. The summed E-state index contributed by atoms with van der Waals surface area (Å²) in [5.41, 5.74) is 1.36. The summed E-state index contributed by atoms with van der Waals surface area (Å²) in [4.78, 5) is 37.8. The van der Waals surface area contributed by atoms with E-state index in [1.165, 1.54) is 13.0 Å². The standard InChI is InChI=1S/C22H25NO5/c1-3-18-6-4-5-13-23(18)21(25)14-27-22(26)20-12-11-19(28-20)17-9-7-16(8-10-17)15(2)24/h7-12,18H,3-6,13-14H2,1-2H3/t18-/m0/s1. The lowest BCUT2D eigenvalue weighted by atomic mass is 10.00. The molecule has 148 valence electrons. The highest BCUT2D eigenvalue weighted by molar-refractivity contribution is 5.94. The Kier molecular flexibility index (Phi) is 6.29. The SMILES string of the molecule is CC[C@H]1CCCCN1C(=O)COC(=O)c1ccc(-c2ccc(C(C)=O)cc2)o1. The molecule has 1 aliphatic heterocycles. The second-order valence-corrected chi connectivity index (χ2v) is 7.02. The van der Waals surface area contributed by atoms with E-state index in [0.717, 1.165) is 37.8 Å². The highest BCUT2D eigenvalue weighted by Gasteiger charge is 2.26. The van der Waals surface area contributed by atoms with Crippen molar-refractivity contribution in [3.8, 4) is 11.3 Å². The summed E-state index contributed by atoms with van der Waals surface area (Å²) in [5, 5.41) is 0. The van der Waals surface area contributed by atoms with Crippen LogP contribution in [-0.2, 0) is 9.53 Å². The van der Waals surface area contributed by atoms with E-state index >= 15 is 0 Å². The predicted molar refractivity (Wildman–Crippen MR) is 104 cm³/mol. The molecule has 0 spiro atoms. The van der Waals surface area contributed by atoms with Crippen LogP contribution >= 0.6 is 0 Å². The van der Waals surface area contributed by atoms with E-state index in [0.29, 0.717) is 11.3 Å². The molecule has 6 heteroatoms. The summed E-state index contributed by atoms with van der Waals surface area (Å²) in [7, 11) is 0. The summed E-state index contributed by atoms with van der Waals surface area (Å²) >= 11 is 0. The molecule has 6 nitrogen and oxygen atoms in total. The van der Waals surface area contributed by atoms with Gasteiger partial charge in [0.1, 0.15) is 5.76 Å². The van der Waals surface area contributed by atoms with Crippen LogP contribution in [0, 0.1) is 0 Å². The molecule has 1 saturated heterocycles. The topological polar surface area (TPSA) is 76.8 Å². The molecule has 2 heterocycles. The Balaban J connectivity index is 1.59. The number of esters is 1. The Morgan fingerprint density at radius 2 is 1.86 bits per heavy atom. The molecule has 28 heavy (non-hydrogen) atoms. The average molecular weight is 383 g/mol. The number of Topliss-reactive ketones (excluding diaryl/α,β-unsaturated/α-hetero) is 1. The molecule has 3 rings (SSSR count). The van der Waals surface area contributed by atoms with Crippen molar-refractivity contribution >= 4 is 17.7 Å². The average Bonchev–Trinajstić information content (AvgIpc) is 3.22. The van der Waals surface area contributed by atoms with E-state index < -0.39 is 5.97 Å². The zero-order chi connectivity index (χ0) is 20.1. The summed E-state index contributed by atoms with van der Waals surface area (Å²) in [6, 6.07) is 10.4. The zero-order valence-corrected chi connectivity index (χ0v) is 16.3. The van der Waals surface area contributed by atoms with Gasteiger partial charge >= 0.3 is 5.97 Å². The number of nitrogens with zero attached hydrogens (tertiary/aromatic N) is 1. The lowest BCUT2D eigenvalue weighted by Gasteiger charge is -2.35. The van der Waals surface area contributed by atoms with Crippen molar-refractivity contribution in [2.24, 2.45) is 0 Å². The van der Waals surface area contributed by atoms with Gasteiger partial charge in [-0.25, -0.2) is 4.79 Å². The first-order valence-corrected chi connectivity index (χ1v) is 9.67. The minimum atomic E-state index is -0.662. The molecule has 1 aromatic heterocycles. The Morgan fingerprint density at radius 1 is 1.11 bits per heavy atom. The fourth-order valence-corrected chi connectivity index (χ4v) is 3.51. The van der Waals surface area contributed by atoms with Crippen LogP contribution in [0.1, 0.15) is 60.4 Å². The molecule has 0 unspecified atom stereocenters. The molecular weight excluding hydrogens is 358 g/mol. The van der Waals surface area contributed by atoms with Gasteiger partial charge < -0.3 is 14.1 Å². The number of hydrogen-bond acceptors (Lipinski definition) is 5. The van der Waals surface area contributed by atoms with Gasteiger partial charge in [0.05, 0.1) is 0 Å². The van der Waals surface area contributed by atoms with E-state index in [4.69, 9.17) is 9.15 Å². The second kappa shape index (κ2) is 8.87. The van der Waals surface area contributed by atoms with Crippen molar-refractivity contribution in [3.63, 3.8) is 0 Å². The fourth-order valence-electron chi connectivity index (χ4n) is 3.51. The number of amides is 1. The third-order valence-corrected chi connectivity index (χ3v) is 5.13. The van der Waals surface area contributed by atoms with Crippen molar-refractivity contribution in [3.05, 3.63) is 47.7 Å². The van der Waals surface area contributed by atoms with Crippen LogP contribution in [0.4, 0.5) is 0 Å². The third-order valence-electron chi connectivity index (χ3n) is 5.13. The minimum absolute atomic E-state index is 0.0149. The highest BCUT2D eigenvalue weighted by Crippen LogP contribution is 2.23. The Labute approximate surface area is 164 Å². The first-order valence-electron chi connectivity index (χ1n) is 9.67. The van der Waals surface area contributed by atoms with Gasteiger partial charge in [-0.3, -0.25) is 9.59 Å². The van der Waals surface area contributed by atoms with Crippen molar-refractivity contribution in [2.75, 3.05) is 13.2 Å². The predicted octanol–water partition coefficient (Wildman–Crippen LogP) is 4.10. The number of piperidine rings is 1. The lowest BCUT2D eigenvalue weighted by Crippen LogP contribution is -2.45. The summed E-state index contributed by atoms with van der Waals surface area (Å²) < 4.78 is 10.7. The number of rotatable bonds is 6. The zero-order valence-electron chi connectivity index (χ0n) is 16.3. The molecule has 1 amide bonds. The van der Waals surface area contributed by atoms with Crippen molar-refractivity contribution in [1.82, 2.24) is 4.90 Å². The van der Waals surface area contributed by atoms with Gasteiger partial charge in [0.15, 0.2) is 12.4 Å². The van der Waals surface area contributed by atoms with Crippen LogP contribution in [0.2, 0.25) is 0 Å². The number of furan rings is 1. The Hall–Kier alpha value is -2.89. The van der Waals surface area contributed by atoms with Crippen molar-refractivity contribution in [1.29, 1.82) is 0 Å².